The van der Waals surface area contributed by atoms with E-state index in [0.717, 1.165) is 17.8 Å². The Kier molecular flexibility index (Phi) is 7.58. The first-order chi connectivity index (χ1) is 12.5. The first kappa shape index (κ1) is 21.6. The van der Waals surface area contributed by atoms with Gasteiger partial charge in [0, 0.05) is 11.0 Å². The van der Waals surface area contributed by atoms with Gasteiger partial charge in [0.05, 0.1) is 43.9 Å². The van der Waals surface area contributed by atoms with Crippen LogP contribution in [0.5, 0.6) is 0 Å². The van der Waals surface area contributed by atoms with Crippen molar-refractivity contribution in [1.29, 1.82) is 0 Å². The number of nitro benzene ring substituents is 2. The molecule has 11 nitrogen and oxygen atoms in total. The molecule has 3 rings (SSSR count). The number of hydrogen-bond donors (Lipinski definition) is 1. The Labute approximate surface area is 181 Å². The van der Waals surface area contributed by atoms with Crippen molar-refractivity contribution in [2.45, 2.75) is 14.9 Å². The summed E-state index contributed by atoms with van der Waals surface area (Å²) in [4.78, 5) is 28.6. The molecular formula is C13H7N4NaO7S2. The molecule has 0 aliphatic heterocycles. The molecule has 0 spiro atoms. The monoisotopic (exact) mass is 418 g/mol. The largest absolute Gasteiger partial charge is 1.00 e. The van der Waals surface area contributed by atoms with Gasteiger partial charge in [-0.25, -0.2) is 4.98 Å². The van der Waals surface area contributed by atoms with Crippen LogP contribution < -0.4 is 34.8 Å². The normalized spacial score (nSPS) is 10.6. The van der Waals surface area contributed by atoms with Gasteiger partial charge in [-0.1, -0.05) is 0 Å². The molecule has 0 saturated carbocycles. The SMILES string of the molecule is O=[N+]([O-])c1ccc(Sc2nc3ccc(SOO[O-])cc3[nH]2)c([N+](=O)[O-])c1.[Na+]. The predicted octanol–water partition coefficient (Wildman–Crippen LogP) is -0.235. The summed E-state index contributed by atoms with van der Waals surface area (Å²) in [6, 6.07) is 8.36. The van der Waals surface area contributed by atoms with Crippen LogP contribution in [0.2, 0.25) is 0 Å². The van der Waals surface area contributed by atoms with Gasteiger partial charge >= 0.3 is 29.6 Å². The number of H-pyrrole nitrogens is 1. The minimum Gasteiger partial charge on any atom is -0.691 e. The van der Waals surface area contributed by atoms with Gasteiger partial charge < -0.3 is 10.2 Å². The Bertz CT molecular complexity index is 1000. The van der Waals surface area contributed by atoms with E-state index in [1.54, 1.807) is 18.2 Å². The molecule has 0 bridgehead atoms. The number of nitrogens with zero attached hydrogens (tertiary/aromatic N) is 3. The van der Waals surface area contributed by atoms with Crippen LogP contribution in [0.15, 0.2) is 51.3 Å². The number of rotatable bonds is 7. The zero-order valence-electron chi connectivity index (χ0n) is 13.5. The molecule has 0 radical (unpaired) electrons. The van der Waals surface area contributed by atoms with Crippen molar-refractivity contribution in [1.82, 2.24) is 9.97 Å². The Morgan fingerprint density at radius 2 is 1.85 bits per heavy atom. The topological polar surface area (TPSA) is 156 Å². The van der Waals surface area contributed by atoms with Gasteiger partial charge in [0.25, 0.3) is 11.4 Å². The second-order valence-corrected chi connectivity index (χ2v) is 6.51. The predicted molar refractivity (Wildman–Crippen MR) is 88.0 cm³/mol. The average Bonchev–Trinajstić information content (AvgIpc) is 3.01. The number of hydrogen-bond acceptors (Lipinski definition) is 10. The molecular weight excluding hydrogens is 411 g/mol. The van der Waals surface area contributed by atoms with Gasteiger partial charge in [0.1, 0.15) is 0 Å². The molecule has 27 heavy (non-hydrogen) atoms. The number of nitrogens with one attached hydrogen (secondary N) is 1. The molecule has 0 aliphatic carbocycles. The zero-order valence-corrected chi connectivity index (χ0v) is 17.1. The second kappa shape index (κ2) is 9.48. The van der Waals surface area contributed by atoms with Gasteiger partial charge in [-0.3, -0.25) is 25.3 Å². The van der Waals surface area contributed by atoms with E-state index in [1.165, 1.54) is 12.1 Å². The van der Waals surface area contributed by atoms with E-state index in [2.05, 4.69) is 19.3 Å². The number of benzene rings is 2. The number of fused-ring (bicyclic) bond motifs is 1. The average molecular weight is 418 g/mol. The fourth-order valence-electron chi connectivity index (χ4n) is 2.07. The van der Waals surface area contributed by atoms with E-state index < -0.39 is 9.85 Å². The molecule has 1 aromatic heterocycles. The number of aromatic nitrogens is 2. The maximum Gasteiger partial charge on any atom is 1.00 e. The molecule has 134 valence electrons. The summed E-state index contributed by atoms with van der Waals surface area (Å²) in [7, 11) is 0. The van der Waals surface area contributed by atoms with Crippen LogP contribution >= 0.6 is 23.8 Å². The van der Waals surface area contributed by atoms with Crippen LogP contribution in [0.25, 0.3) is 11.0 Å². The first-order valence-electron chi connectivity index (χ1n) is 6.71. The minimum absolute atomic E-state index is 0. The quantitative estimate of drug-likeness (QED) is 0.179. The minimum atomic E-state index is -0.699. The van der Waals surface area contributed by atoms with E-state index in [4.69, 9.17) is 0 Å². The van der Waals surface area contributed by atoms with Crippen molar-refractivity contribution in [3.63, 3.8) is 0 Å². The molecule has 3 aromatic rings. The fraction of sp³-hybridized carbons (Fsp3) is 0. The maximum absolute atomic E-state index is 11.2. The van der Waals surface area contributed by atoms with Crippen LogP contribution in [-0.4, -0.2) is 19.8 Å². The third-order valence-corrected chi connectivity index (χ3v) is 4.67. The van der Waals surface area contributed by atoms with E-state index in [1.807, 2.05) is 0 Å². The Morgan fingerprint density at radius 1 is 1.07 bits per heavy atom. The summed E-state index contributed by atoms with van der Waals surface area (Å²) in [5.41, 5.74) is 0.441. The van der Waals surface area contributed by atoms with Crippen molar-refractivity contribution >= 4 is 46.2 Å². The summed E-state index contributed by atoms with van der Waals surface area (Å²) in [5.74, 6) is 0. The van der Waals surface area contributed by atoms with Gasteiger partial charge in [0.15, 0.2) is 5.16 Å². The van der Waals surface area contributed by atoms with Crippen LogP contribution in [0, 0.1) is 20.2 Å². The number of non-ortho nitro benzene ring substituents is 1. The molecule has 0 fully saturated rings. The Balaban J connectivity index is 0.00000261. The van der Waals surface area contributed by atoms with Crippen LogP contribution in [0.4, 0.5) is 11.4 Å². The van der Waals surface area contributed by atoms with Crippen LogP contribution in [0.1, 0.15) is 0 Å². The summed E-state index contributed by atoms with van der Waals surface area (Å²) < 4.78 is 4.24. The number of nitro groups is 2. The van der Waals surface area contributed by atoms with Crippen molar-refractivity contribution in [3.8, 4) is 0 Å². The van der Waals surface area contributed by atoms with Gasteiger partial charge in [0.2, 0.25) is 0 Å². The number of imidazole rings is 1. The van der Waals surface area contributed by atoms with Gasteiger partial charge in [-0.05, 0) is 36.0 Å². The van der Waals surface area contributed by atoms with E-state index in [9.17, 15) is 25.5 Å². The Hall–Kier alpha value is -1.71. The molecule has 2 aromatic carbocycles. The zero-order chi connectivity index (χ0) is 18.7. The molecule has 0 unspecified atom stereocenters. The maximum atomic E-state index is 11.2. The molecule has 1 N–H and O–H groups in total. The van der Waals surface area contributed by atoms with Crippen LogP contribution in [0.3, 0.4) is 0 Å². The van der Waals surface area contributed by atoms with Crippen LogP contribution in [-0.2, 0) is 9.37 Å². The standard InChI is InChI=1S/C13H8N4O7S2.Na/c18-16(19)7-1-4-12(11(5-7)17(20)21)25-13-14-9-3-2-8(26-24-23-22)6-10(9)15-13;/h1-6,22H,(H,14,15);/q;+1/p-1. The smallest absolute Gasteiger partial charge is 0.691 e. The van der Waals surface area contributed by atoms with E-state index in [-0.39, 0.29) is 45.8 Å². The van der Waals surface area contributed by atoms with Crippen molar-refractivity contribution < 1.29 is 54.0 Å². The summed E-state index contributed by atoms with van der Waals surface area (Å²) in [5, 5.41) is 35.5. The Morgan fingerprint density at radius 3 is 2.52 bits per heavy atom. The van der Waals surface area contributed by atoms with Gasteiger partial charge in [-0.2, -0.15) is 4.33 Å². The van der Waals surface area contributed by atoms with E-state index in [0.29, 0.717) is 33.1 Å². The first-order valence-corrected chi connectivity index (χ1v) is 8.27. The third kappa shape index (κ3) is 5.18. The van der Waals surface area contributed by atoms with Crippen molar-refractivity contribution in [2.24, 2.45) is 0 Å². The molecule has 0 atom stereocenters. The molecule has 0 aliphatic rings. The number of aromatic amines is 1. The van der Waals surface area contributed by atoms with E-state index >= 15 is 0 Å². The third-order valence-electron chi connectivity index (χ3n) is 3.15. The van der Waals surface area contributed by atoms with Crippen molar-refractivity contribution in [3.05, 3.63) is 56.6 Å². The molecule has 1 heterocycles. The second-order valence-electron chi connectivity index (χ2n) is 4.71. The fourth-order valence-corrected chi connectivity index (χ4v) is 3.35. The summed E-state index contributed by atoms with van der Waals surface area (Å²) in [6.07, 6.45) is 0. The molecule has 0 saturated heterocycles. The summed E-state index contributed by atoms with van der Waals surface area (Å²) in [6.45, 7) is 0. The molecule has 0 amide bonds. The molecule has 14 heteroatoms. The van der Waals surface area contributed by atoms with Gasteiger partial charge in [-0.15, -0.1) is 0 Å². The van der Waals surface area contributed by atoms with Crippen molar-refractivity contribution in [2.75, 3.05) is 0 Å². The summed E-state index contributed by atoms with van der Waals surface area (Å²) >= 11 is 1.69.